The number of carbonyl (C=O) groups excluding carboxylic acids is 1. The summed E-state index contributed by atoms with van der Waals surface area (Å²) in [6.45, 7) is 1.63. The molecule has 1 atom stereocenters. The van der Waals surface area contributed by atoms with E-state index in [1.54, 1.807) is 19.1 Å². The number of amides is 1. The van der Waals surface area contributed by atoms with Gasteiger partial charge in [-0.05, 0) is 37.3 Å². The topological polar surface area (TPSA) is 68.0 Å². The normalized spacial score (nSPS) is 12.0. The fourth-order valence-corrected chi connectivity index (χ4v) is 2.93. The van der Waals surface area contributed by atoms with Gasteiger partial charge in [0.25, 0.3) is 11.1 Å². The van der Waals surface area contributed by atoms with Crippen LogP contribution in [0, 0.1) is 11.6 Å². The first-order valence-electron chi connectivity index (χ1n) is 7.45. The monoisotopic (exact) mass is 395 g/mol. The smallest absolute Gasteiger partial charge is 0.277 e. The first-order valence-corrected chi connectivity index (χ1v) is 8.71. The first kappa shape index (κ1) is 18.3. The molecule has 0 fully saturated rings. The summed E-state index contributed by atoms with van der Waals surface area (Å²) in [4.78, 5) is 12.3. The van der Waals surface area contributed by atoms with Gasteiger partial charge in [-0.1, -0.05) is 35.5 Å². The van der Waals surface area contributed by atoms with Crippen LogP contribution < -0.4 is 5.32 Å². The summed E-state index contributed by atoms with van der Waals surface area (Å²) in [6, 6.07) is 9.68. The van der Waals surface area contributed by atoms with Crippen LogP contribution in [0.4, 0.5) is 14.5 Å². The summed E-state index contributed by atoms with van der Waals surface area (Å²) in [5.41, 5.74) is 0.477. The maximum Gasteiger partial charge on any atom is 0.277 e. The van der Waals surface area contributed by atoms with Gasteiger partial charge >= 0.3 is 0 Å². The van der Waals surface area contributed by atoms with Crippen LogP contribution in [-0.2, 0) is 4.79 Å². The average Bonchev–Trinajstić information content (AvgIpc) is 3.06. The molecule has 3 aromatic rings. The Morgan fingerprint density at radius 2 is 2.00 bits per heavy atom. The van der Waals surface area contributed by atoms with Crippen LogP contribution in [0.3, 0.4) is 0 Å². The van der Waals surface area contributed by atoms with Crippen LogP contribution in [0.5, 0.6) is 0 Å². The number of benzene rings is 2. The fraction of sp³-hybridized carbons (Fsp3) is 0.118. The Bertz CT molecular complexity index is 951. The quantitative estimate of drug-likeness (QED) is 0.629. The minimum Gasteiger partial charge on any atom is -0.411 e. The molecule has 0 bridgehead atoms. The van der Waals surface area contributed by atoms with Gasteiger partial charge in [-0.15, -0.1) is 10.2 Å². The summed E-state index contributed by atoms with van der Waals surface area (Å²) < 4.78 is 32.2. The molecule has 0 aliphatic carbocycles. The molecule has 9 heteroatoms. The van der Waals surface area contributed by atoms with Crippen LogP contribution in [0.2, 0.25) is 5.02 Å². The number of thioether (sulfide) groups is 1. The summed E-state index contributed by atoms with van der Waals surface area (Å²) in [5.74, 6) is -1.33. The third kappa shape index (κ3) is 4.20. The van der Waals surface area contributed by atoms with Gasteiger partial charge in [0.15, 0.2) is 0 Å². The predicted molar refractivity (Wildman–Crippen MR) is 95.1 cm³/mol. The molecular formula is C17H12ClF2N3O2S. The summed E-state index contributed by atoms with van der Waals surface area (Å²) in [7, 11) is 0. The highest BCUT2D eigenvalue weighted by atomic mass is 35.5. The minimum atomic E-state index is -0.606. The van der Waals surface area contributed by atoms with E-state index in [0.29, 0.717) is 5.69 Å². The van der Waals surface area contributed by atoms with Crippen molar-refractivity contribution in [3.05, 3.63) is 59.1 Å². The molecule has 2 aromatic carbocycles. The average molecular weight is 396 g/mol. The van der Waals surface area contributed by atoms with Crippen molar-refractivity contribution in [3.63, 3.8) is 0 Å². The molecule has 0 spiro atoms. The molecule has 0 saturated heterocycles. The molecular weight excluding hydrogens is 384 g/mol. The van der Waals surface area contributed by atoms with Gasteiger partial charge < -0.3 is 9.73 Å². The lowest BCUT2D eigenvalue weighted by atomic mass is 10.2. The summed E-state index contributed by atoms with van der Waals surface area (Å²) in [5, 5.41) is 9.82. The molecule has 1 heterocycles. The Morgan fingerprint density at radius 1 is 1.23 bits per heavy atom. The van der Waals surface area contributed by atoms with E-state index in [-0.39, 0.29) is 27.6 Å². The third-order valence-corrected chi connectivity index (χ3v) is 4.59. The van der Waals surface area contributed by atoms with E-state index in [1.807, 2.05) is 0 Å². The van der Waals surface area contributed by atoms with E-state index in [0.717, 1.165) is 17.8 Å². The molecule has 5 nitrogen and oxygen atoms in total. The van der Waals surface area contributed by atoms with Crippen molar-refractivity contribution in [2.24, 2.45) is 0 Å². The third-order valence-electron chi connectivity index (χ3n) is 3.35. The van der Waals surface area contributed by atoms with E-state index < -0.39 is 16.9 Å². The summed E-state index contributed by atoms with van der Waals surface area (Å²) in [6.07, 6.45) is 0. The second kappa shape index (κ2) is 7.84. The number of aromatic nitrogens is 2. The number of halogens is 3. The van der Waals surface area contributed by atoms with Crippen LogP contribution in [0.1, 0.15) is 6.92 Å². The molecule has 0 aliphatic heterocycles. The first-order chi connectivity index (χ1) is 12.4. The maximum absolute atomic E-state index is 13.7. The molecule has 0 saturated carbocycles. The van der Waals surface area contributed by atoms with E-state index in [4.69, 9.17) is 16.0 Å². The highest BCUT2D eigenvalue weighted by molar-refractivity contribution is 8.00. The molecule has 1 N–H and O–H groups in total. The standard InChI is InChI=1S/C17H12ClF2N3O2S/c1-9(15(24)21-14-7-6-10(19)8-12(14)18)26-17-23-22-16(25-17)11-4-2-3-5-13(11)20/h2-9H,1H3,(H,21,24)/t9-/m1/s1. The summed E-state index contributed by atoms with van der Waals surface area (Å²) >= 11 is 6.90. The van der Waals surface area contributed by atoms with Crippen LogP contribution in [0.15, 0.2) is 52.1 Å². The Kier molecular flexibility index (Phi) is 5.53. The van der Waals surface area contributed by atoms with Gasteiger partial charge in [-0.25, -0.2) is 8.78 Å². The lowest BCUT2D eigenvalue weighted by molar-refractivity contribution is -0.115. The van der Waals surface area contributed by atoms with Crippen LogP contribution in [-0.4, -0.2) is 21.4 Å². The van der Waals surface area contributed by atoms with E-state index in [2.05, 4.69) is 15.5 Å². The number of nitrogens with zero attached hydrogens (tertiary/aromatic N) is 2. The lowest BCUT2D eigenvalue weighted by Gasteiger charge is -2.11. The largest absolute Gasteiger partial charge is 0.411 e. The number of hydrogen-bond acceptors (Lipinski definition) is 5. The van der Waals surface area contributed by atoms with Gasteiger partial charge in [0.1, 0.15) is 11.6 Å². The van der Waals surface area contributed by atoms with Crippen molar-refractivity contribution in [3.8, 4) is 11.5 Å². The van der Waals surface area contributed by atoms with Gasteiger partial charge in [0.05, 0.1) is 21.5 Å². The Balaban J connectivity index is 1.67. The molecule has 1 amide bonds. The molecule has 0 radical (unpaired) electrons. The minimum absolute atomic E-state index is 0.0276. The van der Waals surface area contributed by atoms with E-state index in [9.17, 15) is 13.6 Å². The lowest BCUT2D eigenvalue weighted by Crippen LogP contribution is -2.22. The maximum atomic E-state index is 13.7. The zero-order valence-electron chi connectivity index (χ0n) is 13.4. The molecule has 26 heavy (non-hydrogen) atoms. The van der Waals surface area contributed by atoms with E-state index in [1.165, 1.54) is 24.3 Å². The van der Waals surface area contributed by atoms with Crippen molar-refractivity contribution in [1.29, 1.82) is 0 Å². The van der Waals surface area contributed by atoms with Gasteiger partial charge in [0.2, 0.25) is 5.91 Å². The number of carbonyl (C=O) groups is 1. The van der Waals surface area contributed by atoms with Gasteiger partial charge in [-0.3, -0.25) is 4.79 Å². The van der Waals surface area contributed by atoms with Gasteiger partial charge in [0, 0.05) is 0 Å². The fourth-order valence-electron chi connectivity index (χ4n) is 2.03. The number of hydrogen-bond donors (Lipinski definition) is 1. The highest BCUT2D eigenvalue weighted by Crippen LogP contribution is 2.29. The van der Waals surface area contributed by atoms with Crippen molar-refractivity contribution < 1.29 is 18.0 Å². The highest BCUT2D eigenvalue weighted by Gasteiger charge is 2.20. The Hall–Kier alpha value is -2.45. The number of rotatable bonds is 5. The van der Waals surface area contributed by atoms with Crippen molar-refractivity contribution in [2.45, 2.75) is 17.4 Å². The molecule has 0 unspecified atom stereocenters. The van der Waals surface area contributed by atoms with Crippen LogP contribution >= 0.6 is 23.4 Å². The van der Waals surface area contributed by atoms with Crippen molar-refractivity contribution >= 4 is 35.0 Å². The Morgan fingerprint density at radius 3 is 2.73 bits per heavy atom. The van der Waals surface area contributed by atoms with Crippen LogP contribution in [0.25, 0.3) is 11.5 Å². The number of anilines is 1. The molecule has 0 aliphatic rings. The second-order valence-corrected chi connectivity index (χ2v) is 6.93. The zero-order chi connectivity index (χ0) is 18.7. The van der Waals surface area contributed by atoms with Gasteiger partial charge in [-0.2, -0.15) is 0 Å². The second-order valence-electron chi connectivity index (χ2n) is 5.23. The number of nitrogens with one attached hydrogen (secondary N) is 1. The Labute approximate surface area is 156 Å². The van der Waals surface area contributed by atoms with Crippen molar-refractivity contribution in [2.75, 3.05) is 5.32 Å². The van der Waals surface area contributed by atoms with E-state index >= 15 is 0 Å². The van der Waals surface area contributed by atoms with Crippen molar-refractivity contribution in [1.82, 2.24) is 10.2 Å². The SMILES string of the molecule is C[C@@H](Sc1nnc(-c2ccccc2F)o1)C(=O)Nc1ccc(F)cc1Cl. The molecule has 1 aromatic heterocycles. The molecule has 3 rings (SSSR count). The predicted octanol–water partition coefficient (Wildman–Crippen LogP) is 4.79. The zero-order valence-corrected chi connectivity index (χ0v) is 14.9. The molecule has 134 valence electrons.